The molecule has 0 bridgehead atoms. The fraction of sp³-hybridized carbons (Fsp3) is 0.462. The number of hydrogen-bond donors (Lipinski definition) is 0. The molecule has 0 radical (unpaired) electrons. The minimum absolute atomic E-state index is 0.117. The van der Waals surface area contributed by atoms with E-state index in [4.69, 9.17) is 4.98 Å². The maximum absolute atomic E-state index is 13.0. The molecule has 7 nitrogen and oxygen atoms in total. The number of aromatic nitrogens is 3. The quantitative estimate of drug-likeness (QED) is 0.604. The molecule has 1 atom stereocenters. The Balaban J connectivity index is 1.44. The second-order valence-electron chi connectivity index (χ2n) is 9.51. The molecule has 2 aliphatic rings. The lowest BCUT2D eigenvalue weighted by atomic mass is 10.0. The van der Waals surface area contributed by atoms with E-state index in [1.807, 2.05) is 41.3 Å². The highest BCUT2D eigenvalue weighted by atomic mass is 16.2. The summed E-state index contributed by atoms with van der Waals surface area (Å²) in [6.45, 7) is 1.73. The van der Waals surface area contributed by atoms with Crippen molar-refractivity contribution in [2.45, 2.75) is 51.0 Å². The molecule has 1 saturated heterocycles. The average molecular weight is 447 g/mol. The van der Waals surface area contributed by atoms with Crippen molar-refractivity contribution >= 4 is 16.9 Å². The zero-order valence-electron chi connectivity index (χ0n) is 19.1. The molecule has 5 rings (SSSR count). The van der Waals surface area contributed by atoms with Crippen molar-refractivity contribution in [2.75, 3.05) is 13.1 Å². The second kappa shape index (κ2) is 8.96. The van der Waals surface area contributed by atoms with Gasteiger partial charge in [-0.05, 0) is 42.9 Å². The molecule has 33 heavy (non-hydrogen) atoms. The number of rotatable bonds is 5. The predicted molar refractivity (Wildman–Crippen MR) is 127 cm³/mol. The van der Waals surface area contributed by atoms with Gasteiger partial charge in [-0.1, -0.05) is 43.2 Å². The molecule has 1 aliphatic heterocycles. The van der Waals surface area contributed by atoms with Gasteiger partial charge in [-0.3, -0.25) is 18.7 Å². The second-order valence-corrected chi connectivity index (χ2v) is 9.51. The number of nitrogens with zero attached hydrogens (tertiary/aromatic N) is 4. The van der Waals surface area contributed by atoms with Gasteiger partial charge in [0.05, 0.1) is 11.9 Å². The van der Waals surface area contributed by atoms with E-state index in [1.54, 1.807) is 10.6 Å². The van der Waals surface area contributed by atoms with E-state index in [2.05, 4.69) is 0 Å². The van der Waals surface area contributed by atoms with Gasteiger partial charge in [0, 0.05) is 38.2 Å². The SMILES string of the molecule is Cn1c(=O)c2ccc([C@@H]3CCN(C(=O)CC4CCCC4)C3)nc2n(Cc2ccccc2)c1=O. The van der Waals surface area contributed by atoms with Crippen molar-refractivity contribution in [3.63, 3.8) is 0 Å². The predicted octanol–water partition coefficient (Wildman–Crippen LogP) is 3.04. The molecule has 1 saturated carbocycles. The Labute approximate surface area is 192 Å². The summed E-state index contributed by atoms with van der Waals surface area (Å²) in [5.41, 5.74) is 1.52. The van der Waals surface area contributed by atoms with Gasteiger partial charge in [0.2, 0.25) is 5.91 Å². The summed E-state index contributed by atoms with van der Waals surface area (Å²) >= 11 is 0. The number of hydrogen-bond acceptors (Lipinski definition) is 4. The summed E-state index contributed by atoms with van der Waals surface area (Å²) in [4.78, 5) is 45.3. The number of carbonyl (C=O) groups is 1. The van der Waals surface area contributed by atoms with E-state index < -0.39 is 0 Å². The van der Waals surface area contributed by atoms with Crippen LogP contribution >= 0.6 is 0 Å². The molecule has 3 heterocycles. The molecule has 0 N–H and O–H groups in total. The summed E-state index contributed by atoms with van der Waals surface area (Å²) in [5.74, 6) is 0.908. The number of carbonyl (C=O) groups excluding carboxylic acids is 1. The highest BCUT2D eigenvalue weighted by Gasteiger charge is 2.30. The van der Waals surface area contributed by atoms with Gasteiger partial charge in [-0.25, -0.2) is 9.78 Å². The van der Waals surface area contributed by atoms with Gasteiger partial charge in [0.15, 0.2) is 0 Å². The fourth-order valence-electron chi connectivity index (χ4n) is 5.33. The third kappa shape index (κ3) is 4.24. The first-order valence-electron chi connectivity index (χ1n) is 11.9. The zero-order chi connectivity index (χ0) is 22.9. The molecular formula is C26H30N4O3. The Morgan fingerprint density at radius 3 is 2.55 bits per heavy atom. The van der Waals surface area contributed by atoms with Crippen LogP contribution in [0.15, 0.2) is 52.1 Å². The van der Waals surface area contributed by atoms with Crippen molar-refractivity contribution in [3.8, 4) is 0 Å². The van der Waals surface area contributed by atoms with Crippen LogP contribution in [0.2, 0.25) is 0 Å². The Bertz CT molecular complexity index is 1290. The molecule has 0 spiro atoms. The molecule has 0 unspecified atom stereocenters. The maximum Gasteiger partial charge on any atom is 0.332 e. The third-order valence-corrected chi connectivity index (χ3v) is 7.29. The number of amides is 1. The smallest absolute Gasteiger partial charge is 0.332 e. The van der Waals surface area contributed by atoms with Gasteiger partial charge in [-0.15, -0.1) is 0 Å². The monoisotopic (exact) mass is 446 g/mol. The van der Waals surface area contributed by atoms with Gasteiger partial charge < -0.3 is 4.90 Å². The van der Waals surface area contributed by atoms with E-state index in [0.717, 1.165) is 28.8 Å². The number of likely N-dealkylation sites (tertiary alicyclic amines) is 1. The van der Waals surface area contributed by atoms with Crippen LogP contribution in [0.3, 0.4) is 0 Å². The molecule has 2 aromatic heterocycles. The Hall–Kier alpha value is -3.22. The third-order valence-electron chi connectivity index (χ3n) is 7.29. The lowest BCUT2D eigenvalue weighted by molar-refractivity contribution is -0.131. The van der Waals surface area contributed by atoms with Crippen LogP contribution in [-0.2, 0) is 18.4 Å². The van der Waals surface area contributed by atoms with Crippen LogP contribution in [0.1, 0.15) is 55.7 Å². The minimum Gasteiger partial charge on any atom is -0.342 e. The normalized spacial score (nSPS) is 18.9. The zero-order valence-corrected chi connectivity index (χ0v) is 19.1. The highest BCUT2D eigenvalue weighted by molar-refractivity contribution is 5.77. The van der Waals surface area contributed by atoms with Crippen LogP contribution in [0, 0.1) is 5.92 Å². The van der Waals surface area contributed by atoms with Crippen LogP contribution < -0.4 is 11.2 Å². The first-order valence-corrected chi connectivity index (χ1v) is 11.9. The van der Waals surface area contributed by atoms with Crippen LogP contribution in [0.4, 0.5) is 0 Å². The lowest BCUT2D eigenvalue weighted by Gasteiger charge is -2.19. The van der Waals surface area contributed by atoms with E-state index in [1.165, 1.54) is 32.7 Å². The summed E-state index contributed by atoms with van der Waals surface area (Å²) in [6.07, 6.45) is 6.33. The molecule has 1 amide bonds. The molecule has 2 fully saturated rings. The molecule has 7 heteroatoms. The maximum atomic E-state index is 13.0. The molecule has 1 aromatic carbocycles. The van der Waals surface area contributed by atoms with Crippen molar-refractivity contribution in [1.29, 1.82) is 0 Å². The van der Waals surface area contributed by atoms with Gasteiger partial charge >= 0.3 is 5.69 Å². The Kier molecular flexibility index (Phi) is 5.87. The molecule has 172 valence electrons. The number of pyridine rings is 1. The number of fused-ring (bicyclic) bond motifs is 1. The Morgan fingerprint density at radius 2 is 1.79 bits per heavy atom. The lowest BCUT2D eigenvalue weighted by Crippen LogP contribution is -2.38. The molecule has 1 aliphatic carbocycles. The van der Waals surface area contributed by atoms with Crippen molar-refractivity contribution in [1.82, 2.24) is 19.0 Å². The van der Waals surface area contributed by atoms with Crippen molar-refractivity contribution < 1.29 is 4.79 Å². The minimum atomic E-state index is -0.374. The summed E-state index contributed by atoms with van der Waals surface area (Å²) < 4.78 is 2.72. The molecular weight excluding hydrogens is 416 g/mol. The van der Waals surface area contributed by atoms with Crippen LogP contribution in [-0.4, -0.2) is 38.0 Å². The van der Waals surface area contributed by atoms with E-state index in [9.17, 15) is 14.4 Å². The average Bonchev–Trinajstić information content (AvgIpc) is 3.53. The first-order chi connectivity index (χ1) is 16.0. The van der Waals surface area contributed by atoms with Gasteiger partial charge in [0.1, 0.15) is 5.65 Å². The summed E-state index contributed by atoms with van der Waals surface area (Å²) in [7, 11) is 1.50. The fourth-order valence-corrected chi connectivity index (χ4v) is 5.33. The highest BCUT2D eigenvalue weighted by Crippen LogP contribution is 2.31. The van der Waals surface area contributed by atoms with Crippen LogP contribution in [0.25, 0.3) is 11.0 Å². The van der Waals surface area contributed by atoms with Gasteiger partial charge in [0.25, 0.3) is 5.56 Å². The topological polar surface area (TPSA) is 77.2 Å². The van der Waals surface area contributed by atoms with Crippen molar-refractivity contribution in [3.05, 3.63) is 74.6 Å². The van der Waals surface area contributed by atoms with Crippen LogP contribution in [0.5, 0.6) is 0 Å². The van der Waals surface area contributed by atoms with E-state index >= 15 is 0 Å². The van der Waals surface area contributed by atoms with E-state index in [-0.39, 0.29) is 23.1 Å². The Morgan fingerprint density at radius 1 is 1.03 bits per heavy atom. The van der Waals surface area contributed by atoms with Crippen molar-refractivity contribution in [2.24, 2.45) is 13.0 Å². The molecule has 3 aromatic rings. The number of benzene rings is 1. The summed E-state index contributed by atoms with van der Waals surface area (Å²) in [5, 5.41) is 0.434. The van der Waals surface area contributed by atoms with Gasteiger partial charge in [-0.2, -0.15) is 0 Å². The van der Waals surface area contributed by atoms with E-state index in [0.29, 0.717) is 36.5 Å². The summed E-state index contributed by atoms with van der Waals surface area (Å²) in [6, 6.07) is 13.4. The first kappa shape index (κ1) is 21.6. The largest absolute Gasteiger partial charge is 0.342 e. The standard InChI is InChI=1S/C26H30N4O3/c1-28-25(32)21-11-12-22(20-13-14-29(17-20)23(31)15-18-7-5-6-8-18)27-24(21)30(26(28)33)16-19-9-3-2-4-10-19/h2-4,9-12,18,20H,5-8,13-17H2,1H3/t20-/m1/s1.